The van der Waals surface area contributed by atoms with Crippen molar-refractivity contribution in [2.45, 2.75) is 65.0 Å². The largest absolute Gasteiger partial charge is 0.348 e. The molecule has 0 aliphatic heterocycles. The number of fused-ring (bicyclic) bond motifs is 1. The zero-order valence-corrected chi connectivity index (χ0v) is 20.3. The van der Waals surface area contributed by atoms with Crippen LogP contribution >= 0.6 is 0 Å². The molecule has 1 aliphatic carbocycles. The lowest BCUT2D eigenvalue weighted by Gasteiger charge is -2.32. The summed E-state index contributed by atoms with van der Waals surface area (Å²) in [5.41, 5.74) is 4.05. The molecule has 0 aromatic heterocycles. The summed E-state index contributed by atoms with van der Waals surface area (Å²) >= 11 is 0. The number of anilines is 1. The Balaban J connectivity index is 1.91. The van der Waals surface area contributed by atoms with Crippen molar-refractivity contribution in [1.29, 1.82) is 0 Å². The zero-order chi connectivity index (χ0) is 24.3. The highest BCUT2D eigenvalue weighted by Gasteiger charge is 2.34. The van der Waals surface area contributed by atoms with Crippen molar-refractivity contribution < 1.29 is 18.1 Å². The van der Waals surface area contributed by atoms with Gasteiger partial charge in [-0.1, -0.05) is 31.2 Å². The van der Waals surface area contributed by atoms with Gasteiger partial charge >= 0.3 is 0 Å². The second kappa shape index (κ2) is 9.91. The third kappa shape index (κ3) is 5.52. The van der Waals surface area contributed by atoms with Gasteiger partial charge in [-0.05, 0) is 68.2 Å². The molecule has 0 heterocycles. The first kappa shape index (κ1) is 24.7. The number of hydrogen-bond donors (Lipinski definition) is 1. The second-order valence-corrected chi connectivity index (χ2v) is 10.5. The summed E-state index contributed by atoms with van der Waals surface area (Å²) in [6.45, 7) is 5.26. The van der Waals surface area contributed by atoms with Crippen molar-refractivity contribution in [2.24, 2.45) is 0 Å². The number of nitro benzene ring substituents is 1. The van der Waals surface area contributed by atoms with E-state index in [-0.39, 0.29) is 23.8 Å². The Kier molecular flexibility index (Phi) is 7.41. The van der Waals surface area contributed by atoms with E-state index < -0.39 is 26.9 Å². The number of hydrogen-bond acceptors (Lipinski definition) is 5. The highest BCUT2D eigenvalue weighted by molar-refractivity contribution is 7.92. The average Bonchev–Trinajstić information content (AvgIpc) is 2.76. The Morgan fingerprint density at radius 1 is 1.15 bits per heavy atom. The van der Waals surface area contributed by atoms with Gasteiger partial charge in [-0.2, -0.15) is 0 Å². The van der Waals surface area contributed by atoms with E-state index in [1.54, 1.807) is 13.8 Å². The number of carbonyl (C=O) groups excluding carboxylic acids is 1. The Hall–Kier alpha value is -2.94. The molecule has 0 saturated carbocycles. The molecule has 1 aliphatic rings. The minimum Gasteiger partial charge on any atom is -0.348 e. The number of carbonyl (C=O) groups is 1. The second-order valence-electron chi connectivity index (χ2n) is 8.68. The molecular weight excluding hydrogens is 442 g/mol. The van der Waals surface area contributed by atoms with Gasteiger partial charge in [0.1, 0.15) is 6.04 Å². The Morgan fingerprint density at radius 2 is 1.82 bits per heavy atom. The van der Waals surface area contributed by atoms with E-state index in [9.17, 15) is 23.3 Å². The molecule has 2 aromatic carbocycles. The SMILES string of the molecule is CC[C@H](C(=O)N[C@@H](C)c1ccc2c(c1)CCCC2)N(c1cc([N+](=O)[O-])ccc1C)S(C)(=O)=O. The molecule has 0 fully saturated rings. The maximum atomic E-state index is 13.3. The first-order valence-corrected chi connectivity index (χ1v) is 13.0. The third-order valence-electron chi connectivity index (χ3n) is 6.20. The van der Waals surface area contributed by atoms with Gasteiger partial charge in [-0.3, -0.25) is 19.2 Å². The summed E-state index contributed by atoms with van der Waals surface area (Å²) in [5.74, 6) is -0.445. The molecule has 0 saturated heterocycles. The maximum absolute atomic E-state index is 13.3. The zero-order valence-electron chi connectivity index (χ0n) is 19.5. The molecule has 2 aromatic rings. The number of rotatable bonds is 8. The number of nitrogens with zero attached hydrogens (tertiary/aromatic N) is 2. The van der Waals surface area contributed by atoms with E-state index in [1.807, 2.05) is 13.0 Å². The molecular formula is C24H31N3O5S. The number of nitrogens with one attached hydrogen (secondary N) is 1. The summed E-state index contributed by atoms with van der Waals surface area (Å²) in [4.78, 5) is 24.0. The van der Waals surface area contributed by atoms with Crippen LogP contribution < -0.4 is 9.62 Å². The molecule has 178 valence electrons. The first-order chi connectivity index (χ1) is 15.5. The molecule has 0 radical (unpaired) electrons. The van der Waals surface area contributed by atoms with Gasteiger partial charge in [0.05, 0.1) is 22.9 Å². The maximum Gasteiger partial charge on any atom is 0.271 e. The quantitative estimate of drug-likeness (QED) is 0.456. The minimum absolute atomic E-state index is 0.134. The van der Waals surface area contributed by atoms with Crippen molar-refractivity contribution in [1.82, 2.24) is 5.32 Å². The topological polar surface area (TPSA) is 110 Å². The van der Waals surface area contributed by atoms with E-state index in [4.69, 9.17) is 0 Å². The predicted octanol–water partition coefficient (Wildman–Crippen LogP) is 4.20. The van der Waals surface area contributed by atoms with E-state index in [2.05, 4.69) is 17.4 Å². The first-order valence-electron chi connectivity index (χ1n) is 11.2. The van der Waals surface area contributed by atoms with Crippen LogP contribution in [-0.2, 0) is 27.7 Å². The molecule has 0 unspecified atom stereocenters. The van der Waals surface area contributed by atoms with Gasteiger partial charge in [-0.25, -0.2) is 8.42 Å². The van der Waals surface area contributed by atoms with Crippen LogP contribution in [0.4, 0.5) is 11.4 Å². The molecule has 1 amide bonds. The fraction of sp³-hybridized carbons (Fsp3) is 0.458. The van der Waals surface area contributed by atoms with Crippen LogP contribution in [0, 0.1) is 17.0 Å². The average molecular weight is 474 g/mol. The van der Waals surface area contributed by atoms with Gasteiger partial charge in [0.2, 0.25) is 15.9 Å². The summed E-state index contributed by atoms with van der Waals surface area (Å²) in [7, 11) is -3.90. The van der Waals surface area contributed by atoms with Crippen LogP contribution in [0.3, 0.4) is 0 Å². The predicted molar refractivity (Wildman–Crippen MR) is 129 cm³/mol. The number of non-ortho nitro benzene ring substituents is 1. The lowest BCUT2D eigenvalue weighted by molar-refractivity contribution is -0.384. The van der Waals surface area contributed by atoms with Crippen molar-refractivity contribution >= 4 is 27.3 Å². The fourth-order valence-electron chi connectivity index (χ4n) is 4.40. The molecule has 0 bridgehead atoms. The van der Waals surface area contributed by atoms with Crippen LogP contribution in [0.2, 0.25) is 0 Å². The Morgan fingerprint density at radius 3 is 2.42 bits per heavy atom. The van der Waals surface area contributed by atoms with E-state index >= 15 is 0 Å². The lowest BCUT2D eigenvalue weighted by Crippen LogP contribution is -2.50. The van der Waals surface area contributed by atoms with Crippen LogP contribution in [0.25, 0.3) is 0 Å². The Bertz CT molecular complexity index is 1160. The van der Waals surface area contributed by atoms with Gasteiger partial charge in [0.15, 0.2) is 0 Å². The van der Waals surface area contributed by atoms with Crippen LogP contribution in [0.15, 0.2) is 36.4 Å². The number of aryl methyl sites for hydroxylation is 3. The Labute approximate surface area is 195 Å². The van der Waals surface area contributed by atoms with Crippen molar-refractivity contribution in [2.75, 3.05) is 10.6 Å². The summed E-state index contributed by atoms with van der Waals surface area (Å²) in [5, 5.41) is 14.2. The molecule has 3 rings (SSSR count). The summed E-state index contributed by atoms with van der Waals surface area (Å²) < 4.78 is 26.5. The lowest BCUT2D eigenvalue weighted by atomic mass is 9.89. The highest BCUT2D eigenvalue weighted by Crippen LogP contribution is 2.31. The molecule has 33 heavy (non-hydrogen) atoms. The molecule has 2 atom stereocenters. The number of amides is 1. The standard InChI is InChI=1S/C24H31N3O5S/c1-5-22(26(33(4,31)32)23-15-21(27(29)30)13-10-16(23)2)24(28)25-17(3)19-12-11-18-8-6-7-9-20(18)14-19/h10-15,17,22H,5-9H2,1-4H3,(H,25,28)/t17-,22+/m0/s1. The molecule has 9 heteroatoms. The van der Waals surface area contributed by atoms with E-state index in [0.29, 0.717) is 5.56 Å². The fourth-order valence-corrected chi connectivity index (χ4v) is 5.66. The van der Waals surface area contributed by atoms with Crippen LogP contribution in [0.5, 0.6) is 0 Å². The smallest absolute Gasteiger partial charge is 0.271 e. The van der Waals surface area contributed by atoms with Crippen molar-refractivity contribution in [3.05, 3.63) is 68.8 Å². The number of sulfonamides is 1. The van der Waals surface area contributed by atoms with Crippen molar-refractivity contribution in [3.63, 3.8) is 0 Å². The van der Waals surface area contributed by atoms with Gasteiger partial charge < -0.3 is 5.32 Å². The normalized spacial score (nSPS) is 15.3. The minimum atomic E-state index is -3.90. The van der Waals surface area contributed by atoms with Gasteiger partial charge in [-0.15, -0.1) is 0 Å². The summed E-state index contributed by atoms with van der Waals surface area (Å²) in [6.07, 6.45) is 5.65. The third-order valence-corrected chi connectivity index (χ3v) is 7.37. The monoisotopic (exact) mass is 473 g/mol. The van der Waals surface area contributed by atoms with E-state index in [1.165, 1.54) is 35.7 Å². The van der Waals surface area contributed by atoms with Crippen molar-refractivity contribution in [3.8, 4) is 0 Å². The highest BCUT2D eigenvalue weighted by atomic mass is 32.2. The van der Waals surface area contributed by atoms with Crippen LogP contribution in [-0.4, -0.2) is 31.5 Å². The number of nitro groups is 1. The van der Waals surface area contributed by atoms with Gasteiger partial charge in [0.25, 0.3) is 5.69 Å². The molecule has 8 nitrogen and oxygen atoms in total. The number of benzene rings is 2. The summed E-state index contributed by atoms with van der Waals surface area (Å²) in [6, 6.07) is 8.91. The van der Waals surface area contributed by atoms with Crippen LogP contribution in [0.1, 0.15) is 61.4 Å². The molecule has 0 spiro atoms. The molecule has 1 N–H and O–H groups in total. The van der Waals surface area contributed by atoms with Gasteiger partial charge in [0, 0.05) is 12.1 Å². The van der Waals surface area contributed by atoms with E-state index in [0.717, 1.165) is 35.4 Å².